The van der Waals surface area contributed by atoms with Gasteiger partial charge in [0.15, 0.2) is 5.75 Å². The summed E-state index contributed by atoms with van der Waals surface area (Å²) < 4.78 is 7.39. The van der Waals surface area contributed by atoms with Gasteiger partial charge in [0.1, 0.15) is 11.3 Å². The fourth-order valence-electron chi connectivity index (χ4n) is 3.38. The molecule has 0 spiro atoms. The van der Waals surface area contributed by atoms with Crippen molar-refractivity contribution >= 4 is 0 Å². The first-order chi connectivity index (χ1) is 10.00. The molecule has 2 atom stereocenters. The summed E-state index contributed by atoms with van der Waals surface area (Å²) in [5.74, 6) is 1.30. The highest BCUT2D eigenvalue weighted by Crippen LogP contribution is 2.44. The Balaban J connectivity index is 2.29. The minimum Gasteiger partial charge on any atom is -0.493 e. The first kappa shape index (κ1) is 16.3. The van der Waals surface area contributed by atoms with Gasteiger partial charge in [-0.1, -0.05) is 19.8 Å². The second-order valence-electron chi connectivity index (χ2n) is 6.49. The van der Waals surface area contributed by atoms with Crippen molar-refractivity contribution in [2.24, 2.45) is 5.92 Å². The van der Waals surface area contributed by atoms with Gasteiger partial charge in [-0.05, 0) is 39.3 Å². The number of hydrogen-bond donors (Lipinski definition) is 1. The highest BCUT2D eigenvalue weighted by molar-refractivity contribution is 5.31. The van der Waals surface area contributed by atoms with E-state index in [2.05, 4.69) is 16.9 Å². The molecule has 1 aromatic rings. The Morgan fingerprint density at radius 3 is 2.90 bits per heavy atom. The van der Waals surface area contributed by atoms with Crippen LogP contribution in [0.25, 0.3) is 0 Å². The average molecular weight is 295 g/mol. The predicted molar refractivity (Wildman–Crippen MR) is 83.5 cm³/mol. The summed E-state index contributed by atoms with van der Waals surface area (Å²) in [7, 11) is 5.74. The van der Waals surface area contributed by atoms with E-state index in [4.69, 9.17) is 4.74 Å². The number of aliphatic hydroxyl groups is 1. The van der Waals surface area contributed by atoms with Gasteiger partial charge in [-0.2, -0.15) is 5.10 Å². The molecule has 1 aliphatic rings. The SMILES string of the molecule is CCC1CCCC(O)(c2c(OC)cnn2CCN(C)C)C1. The Kier molecular flexibility index (Phi) is 5.27. The summed E-state index contributed by atoms with van der Waals surface area (Å²) in [5.41, 5.74) is 0.0672. The van der Waals surface area contributed by atoms with E-state index in [9.17, 15) is 5.11 Å². The van der Waals surface area contributed by atoms with Crippen LogP contribution in [0.1, 0.15) is 44.7 Å². The van der Waals surface area contributed by atoms with Gasteiger partial charge in [0.05, 0.1) is 19.9 Å². The fraction of sp³-hybridized carbons (Fsp3) is 0.812. The lowest BCUT2D eigenvalue weighted by molar-refractivity contribution is -0.0309. The van der Waals surface area contributed by atoms with Crippen LogP contribution in [0.3, 0.4) is 0 Å². The third kappa shape index (κ3) is 3.58. The van der Waals surface area contributed by atoms with Gasteiger partial charge in [-0.3, -0.25) is 4.68 Å². The number of nitrogens with zero attached hydrogens (tertiary/aromatic N) is 3. The molecular formula is C16H29N3O2. The second-order valence-corrected chi connectivity index (χ2v) is 6.49. The molecule has 2 rings (SSSR count). The Morgan fingerprint density at radius 1 is 1.52 bits per heavy atom. The van der Waals surface area contributed by atoms with Gasteiger partial charge >= 0.3 is 0 Å². The molecule has 2 unspecified atom stereocenters. The molecule has 1 aromatic heterocycles. The smallest absolute Gasteiger partial charge is 0.162 e. The molecule has 0 aromatic carbocycles. The van der Waals surface area contributed by atoms with Crippen LogP contribution in [0.4, 0.5) is 0 Å². The van der Waals surface area contributed by atoms with Crippen molar-refractivity contribution in [1.82, 2.24) is 14.7 Å². The first-order valence-corrected chi connectivity index (χ1v) is 7.97. The van der Waals surface area contributed by atoms with Crippen LogP contribution in [0.15, 0.2) is 6.20 Å². The van der Waals surface area contributed by atoms with Crippen molar-refractivity contribution in [1.29, 1.82) is 0 Å². The van der Waals surface area contributed by atoms with E-state index in [1.54, 1.807) is 13.3 Å². The van der Waals surface area contributed by atoms with Crippen molar-refractivity contribution in [2.75, 3.05) is 27.7 Å². The molecule has 1 heterocycles. The summed E-state index contributed by atoms with van der Waals surface area (Å²) in [6.07, 6.45) is 6.75. The molecule has 1 fully saturated rings. The standard InChI is InChI=1S/C16H29N3O2/c1-5-13-7-6-8-16(20,11-13)15-14(21-4)12-17-19(15)10-9-18(2)3/h12-13,20H,5-11H2,1-4H3. The molecule has 1 N–H and O–H groups in total. The highest BCUT2D eigenvalue weighted by Gasteiger charge is 2.40. The molecule has 0 bridgehead atoms. The Bertz CT molecular complexity index is 458. The Labute approximate surface area is 127 Å². The van der Waals surface area contributed by atoms with E-state index in [1.807, 2.05) is 18.8 Å². The van der Waals surface area contributed by atoms with E-state index < -0.39 is 5.60 Å². The first-order valence-electron chi connectivity index (χ1n) is 7.97. The summed E-state index contributed by atoms with van der Waals surface area (Å²) in [5, 5.41) is 15.7. The van der Waals surface area contributed by atoms with Crippen LogP contribution in [-0.4, -0.2) is 47.5 Å². The minimum atomic E-state index is -0.799. The van der Waals surface area contributed by atoms with Crippen LogP contribution < -0.4 is 4.74 Å². The summed E-state index contributed by atoms with van der Waals surface area (Å²) >= 11 is 0. The summed E-state index contributed by atoms with van der Waals surface area (Å²) in [4.78, 5) is 2.12. The number of methoxy groups -OCH3 is 1. The Hall–Kier alpha value is -1.07. The second kappa shape index (κ2) is 6.79. The molecular weight excluding hydrogens is 266 g/mol. The lowest BCUT2D eigenvalue weighted by Crippen LogP contribution is -2.36. The molecule has 0 radical (unpaired) electrons. The zero-order chi connectivity index (χ0) is 15.5. The lowest BCUT2D eigenvalue weighted by atomic mass is 9.75. The van der Waals surface area contributed by atoms with E-state index in [1.165, 1.54) is 6.42 Å². The number of likely N-dealkylation sites (N-methyl/N-ethyl adjacent to an activating group) is 1. The zero-order valence-corrected chi connectivity index (χ0v) is 13.8. The van der Waals surface area contributed by atoms with Crippen molar-refractivity contribution in [3.8, 4) is 5.75 Å². The summed E-state index contributed by atoms with van der Waals surface area (Å²) in [6, 6.07) is 0. The normalized spacial score (nSPS) is 26.3. The van der Waals surface area contributed by atoms with Crippen LogP contribution in [0.2, 0.25) is 0 Å². The zero-order valence-electron chi connectivity index (χ0n) is 13.8. The maximum absolute atomic E-state index is 11.2. The number of ether oxygens (including phenoxy) is 1. The van der Waals surface area contributed by atoms with E-state index in [0.717, 1.165) is 44.5 Å². The van der Waals surface area contributed by atoms with E-state index in [0.29, 0.717) is 11.7 Å². The third-order valence-corrected chi connectivity index (χ3v) is 4.63. The van der Waals surface area contributed by atoms with Gasteiger partial charge in [-0.15, -0.1) is 0 Å². The molecule has 21 heavy (non-hydrogen) atoms. The monoisotopic (exact) mass is 295 g/mol. The molecule has 0 saturated heterocycles. The lowest BCUT2D eigenvalue weighted by Gasteiger charge is -2.37. The molecule has 5 heteroatoms. The Morgan fingerprint density at radius 2 is 2.29 bits per heavy atom. The van der Waals surface area contributed by atoms with Crippen LogP contribution >= 0.6 is 0 Å². The summed E-state index contributed by atoms with van der Waals surface area (Å²) in [6.45, 7) is 3.87. The van der Waals surface area contributed by atoms with Gasteiger partial charge in [0.25, 0.3) is 0 Å². The molecule has 1 aliphatic carbocycles. The predicted octanol–water partition coefficient (Wildman–Crippen LogP) is 2.24. The van der Waals surface area contributed by atoms with Crippen LogP contribution in [0.5, 0.6) is 5.75 Å². The number of aromatic nitrogens is 2. The van der Waals surface area contributed by atoms with Crippen LogP contribution in [-0.2, 0) is 12.1 Å². The highest BCUT2D eigenvalue weighted by atomic mass is 16.5. The van der Waals surface area contributed by atoms with Gasteiger partial charge < -0.3 is 14.7 Å². The molecule has 5 nitrogen and oxygen atoms in total. The van der Waals surface area contributed by atoms with E-state index in [-0.39, 0.29) is 0 Å². The number of rotatable bonds is 6. The molecule has 0 amide bonds. The van der Waals surface area contributed by atoms with Crippen molar-refractivity contribution < 1.29 is 9.84 Å². The third-order valence-electron chi connectivity index (χ3n) is 4.63. The molecule has 1 saturated carbocycles. The quantitative estimate of drug-likeness (QED) is 0.874. The van der Waals surface area contributed by atoms with Crippen molar-refractivity contribution in [3.05, 3.63) is 11.9 Å². The van der Waals surface area contributed by atoms with Gasteiger partial charge in [-0.25, -0.2) is 0 Å². The maximum Gasteiger partial charge on any atom is 0.162 e. The topological polar surface area (TPSA) is 50.5 Å². The minimum absolute atomic E-state index is 0.589. The van der Waals surface area contributed by atoms with Crippen molar-refractivity contribution in [2.45, 2.75) is 51.2 Å². The van der Waals surface area contributed by atoms with Crippen LogP contribution in [0, 0.1) is 5.92 Å². The largest absolute Gasteiger partial charge is 0.493 e. The fourth-order valence-corrected chi connectivity index (χ4v) is 3.38. The van der Waals surface area contributed by atoms with E-state index >= 15 is 0 Å². The van der Waals surface area contributed by atoms with Gasteiger partial charge in [0, 0.05) is 6.54 Å². The molecule has 0 aliphatic heterocycles. The maximum atomic E-state index is 11.2. The average Bonchev–Trinajstić information content (AvgIpc) is 2.89. The van der Waals surface area contributed by atoms with Gasteiger partial charge in [0.2, 0.25) is 0 Å². The van der Waals surface area contributed by atoms with Crippen molar-refractivity contribution in [3.63, 3.8) is 0 Å². The number of hydrogen-bond acceptors (Lipinski definition) is 4. The molecule has 120 valence electrons.